The van der Waals surface area contributed by atoms with Crippen LogP contribution in [0.25, 0.3) is 6.08 Å². The van der Waals surface area contributed by atoms with Crippen molar-refractivity contribution in [1.29, 1.82) is 0 Å². The summed E-state index contributed by atoms with van der Waals surface area (Å²) in [6, 6.07) is 17.7. The van der Waals surface area contributed by atoms with Crippen LogP contribution in [0.1, 0.15) is 21.5 Å². The molecule has 0 aliphatic carbocycles. The van der Waals surface area contributed by atoms with Crippen LogP contribution in [0.15, 0.2) is 76.9 Å². The summed E-state index contributed by atoms with van der Waals surface area (Å²) in [6.45, 7) is 1.92. The Morgan fingerprint density at radius 3 is 2.42 bits per heavy atom. The number of benzene rings is 3. The van der Waals surface area contributed by atoms with E-state index in [2.05, 4.69) is 26.6 Å². The number of nitrogens with one attached hydrogen (secondary N) is 2. The predicted molar refractivity (Wildman–Crippen MR) is 129 cm³/mol. The molecule has 0 atom stereocenters. The number of ether oxygens (including phenoxy) is 1. The van der Waals surface area contributed by atoms with Crippen molar-refractivity contribution in [3.63, 3.8) is 0 Å². The van der Waals surface area contributed by atoms with Gasteiger partial charge in [0.1, 0.15) is 11.4 Å². The van der Waals surface area contributed by atoms with Crippen molar-refractivity contribution in [2.45, 2.75) is 6.92 Å². The topological polar surface area (TPSA) is 111 Å². The molecule has 33 heavy (non-hydrogen) atoms. The number of halogens is 1. The highest BCUT2D eigenvalue weighted by atomic mass is 79.9. The Kier molecular flexibility index (Phi) is 7.57. The van der Waals surface area contributed by atoms with E-state index in [0.717, 1.165) is 5.56 Å². The normalized spacial score (nSPS) is 10.9. The molecule has 3 aromatic carbocycles. The van der Waals surface area contributed by atoms with Crippen LogP contribution in [0.5, 0.6) is 5.75 Å². The number of anilines is 1. The van der Waals surface area contributed by atoms with E-state index in [1.54, 1.807) is 36.4 Å². The van der Waals surface area contributed by atoms with Gasteiger partial charge in [-0.1, -0.05) is 29.8 Å². The van der Waals surface area contributed by atoms with Crippen molar-refractivity contribution < 1.29 is 19.2 Å². The van der Waals surface area contributed by atoms with Crippen molar-refractivity contribution in [2.75, 3.05) is 12.4 Å². The van der Waals surface area contributed by atoms with Gasteiger partial charge >= 0.3 is 0 Å². The predicted octanol–water partition coefficient (Wildman–Crippen LogP) is 5.08. The maximum atomic E-state index is 13.0. The van der Waals surface area contributed by atoms with Crippen LogP contribution < -0.4 is 15.4 Å². The molecule has 0 aromatic heterocycles. The molecule has 3 aromatic rings. The molecule has 9 heteroatoms. The zero-order chi connectivity index (χ0) is 24.0. The number of nitro groups is 1. The molecule has 0 saturated heterocycles. The third-order valence-corrected chi connectivity index (χ3v) is 5.23. The third kappa shape index (κ3) is 6.27. The van der Waals surface area contributed by atoms with E-state index >= 15 is 0 Å². The van der Waals surface area contributed by atoms with Gasteiger partial charge in [-0.15, -0.1) is 0 Å². The second kappa shape index (κ2) is 10.6. The van der Waals surface area contributed by atoms with Crippen LogP contribution >= 0.6 is 15.9 Å². The Morgan fingerprint density at radius 1 is 1.06 bits per heavy atom. The number of nitro benzene ring substituents is 1. The number of carbonyl (C=O) groups excluding carboxylic acids is 2. The summed E-state index contributed by atoms with van der Waals surface area (Å²) in [4.78, 5) is 36.4. The van der Waals surface area contributed by atoms with Gasteiger partial charge in [0.25, 0.3) is 17.5 Å². The van der Waals surface area contributed by atoms with Gasteiger partial charge in [-0.3, -0.25) is 19.7 Å². The molecule has 0 bridgehead atoms. The summed E-state index contributed by atoms with van der Waals surface area (Å²) in [6.07, 6.45) is 1.38. The summed E-state index contributed by atoms with van der Waals surface area (Å²) in [5.74, 6) is -0.559. The van der Waals surface area contributed by atoms with Crippen molar-refractivity contribution in [3.8, 4) is 5.75 Å². The first-order valence-electron chi connectivity index (χ1n) is 9.76. The van der Waals surface area contributed by atoms with Crippen LogP contribution in [0.2, 0.25) is 0 Å². The minimum absolute atomic E-state index is 0.0759. The fraction of sp³-hybridized carbons (Fsp3) is 0.0833. The summed E-state index contributed by atoms with van der Waals surface area (Å²) >= 11 is 3.33. The van der Waals surface area contributed by atoms with E-state index in [1.165, 1.54) is 31.4 Å². The second-order valence-electron chi connectivity index (χ2n) is 7.03. The fourth-order valence-corrected chi connectivity index (χ4v) is 3.43. The van der Waals surface area contributed by atoms with Crippen molar-refractivity contribution in [2.24, 2.45) is 0 Å². The number of hydrogen-bond acceptors (Lipinski definition) is 5. The molecule has 0 radical (unpaired) electrons. The molecular formula is C24H20BrN3O5. The molecule has 2 amide bonds. The van der Waals surface area contributed by atoms with Gasteiger partial charge in [0.2, 0.25) is 0 Å². The van der Waals surface area contributed by atoms with Crippen LogP contribution in [-0.2, 0) is 4.79 Å². The molecule has 0 aliphatic heterocycles. The second-order valence-corrected chi connectivity index (χ2v) is 7.89. The lowest BCUT2D eigenvalue weighted by molar-refractivity contribution is -0.384. The van der Waals surface area contributed by atoms with E-state index < -0.39 is 16.7 Å². The van der Waals surface area contributed by atoms with Crippen molar-refractivity contribution >= 4 is 45.2 Å². The molecular weight excluding hydrogens is 490 g/mol. The molecule has 0 unspecified atom stereocenters. The zero-order valence-electron chi connectivity index (χ0n) is 17.8. The lowest BCUT2D eigenvalue weighted by atomic mass is 10.1. The quantitative estimate of drug-likeness (QED) is 0.262. The summed E-state index contributed by atoms with van der Waals surface area (Å²) < 4.78 is 5.75. The molecule has 3 rings (SSSR count). The average Bonchev–Trinajstić information content (AvgIpc) is 2.80. The number of carbonyl (C=O) groups is 2. The van der Waals surface area contributed by atoms with E-state index in [-0.39, 0.29) is 16.9 Å². The van der Waals surface area contributed by atoms with Crippen LogP contribution in [-0.4, -0.2) is 23.8 Å². The maximum absolute atomic E-state index is 13.0. The smallest absolute Gasteiger partial charge is 0.272 e. The average molecular weight is 510 g/mol. The molecule has 168 valence electrons. The molecule has 2 N–H and O–H groups in total. The van der Waals surface area contributed by atoms with E-state index in [9.17, 15) is 19.7 Å². The highest BCUT2D eigenvalue weighted by molar-refractivity contribution is 9.10. The molecule has 0 saturated carbocycles. The third-order valence-electron chi connectivity index (χ3n) is 4.61. The monoisotopic (exact) mass is 509 g/mol. The molecule has 8 nitrogen and oxygen atoms in total. The molecule has 0 spiro atoms. The number of rotatable bonds is 7. The van der Waals surface area contributed by atoms with Gasteiger partial charge in [-0.25, -0.2) is 0 Å². The number of non-ortho nitro benzene ring substituents is 1. The lowest BCUT2D eigenvalue weighted by Gasteiger charge is -2.12. The summed E-state index contributed by atoms with van der Waals surface area (Å²) in [7, 11) is 1.51. The largest absolute Gasteiger partial charge is 0.496 e. The SMILES string of the molecule is COc1ccc(C(=O)N/C(=C\c2cccc([N+](=O)[O-])c2)C(=O)Nc2ccc(C)cc2)cc1Br. The zero-order valence-corrected chi connectivity index (χ0v) is 19.4. The Balaban J connectivity index is 1.93. The van der Waals surface area contributed by atoms with Gasteiger partial charge in [-0.05, 0) is 64.8 Å². The number of hydrogen-bond donors (Lipinski definition) is 2. The first-order chi connectivity index (χ1) is 15.8. The van der Waals surface area contributed by atoms with Crippen molar-refractivity contribution in [1.82, 2.24) is 5.32 Å². The van der Waals surface area contributed by atoms with Crippen LogP contribution in [0.3, 0.4) is 0 Å². The van der Waals surface area contributed by atoms with E-state index in [0.29, 0.717) is 21.5 Å². The lowest BCUT2D eigenvalue weighted by Crippen LogP contribution is -2.30. The number of methoxy groups -OCH3 is 1. The van der Waals surface area contributed by atoms with E-state index in [4.69, 9.17) is 4.74 Å². The van der Waals surface area contributed by atoms with Gasteiger partial charge in [-0.2, -0.15) is 0 Å². The Labute approximate surface area is 198 Å². The van der Waals surface area contributed by atoms with Gasteiger partial charge < -0.3 is 15.4 Å². The van der Waals surface area contributed by atoms with Gasteiger partial charge in [0.05, 0.1) is 16.5 Å². The minimum atomic E-state index is -0.578. The maximum Gasteiger partial charge on any atom is 0.272 e. The highest BCUT2D eigenvalue weighted by Gasteiger charge is 2.17. The molecule has 0 heterocycles. The Bertz CT molecular complexity index is 1240. The summed E-state index contributed by atoms with van der Waals surface area (Å²) in [5.41, 5.74) is 2.03. The first kappa shape index (κ1) is 23.7. The standard InChI is InChI=1S/C24H20BrN3O5/c1-15-6-9-18(10-7-15)26-24(30)21(13-16-4-3-5-19(12-16)28(31)32)27-23(29)17-8-11-22(33-2)20(25)14-17/h3-14H,1-2H3,(H,26,30)(H,27,29)/b21-13-. The van der Waals surface area contributed by atoms with Crippen LogP contribution in [0, 0.1) is 17.0 Å². The summed E-state index contributed by atoms with van der Waals surface area (Å²) in [5, 5.41) is 16.4. The fourth-order valence-electron chi connectivity index (χ4n) is 2.89. The van der Waals surface area contributed by atoms with Crippen LogP contribution in [0.4, 0.5) is 11.4 Å². The van der Waals surface area contributed by atoms with Crippen molar-refractivity contribution in [3.05, 3.63) is 104 Å². The molecule has 0 fully saturated rings. The van der Waals surface area contributed by atoms with Gasteiger partial charge in [0.15, 0.2) is 0 Å². The van der Waals surface area contributed by atoms with Gasteiger partial charge in [0, 0.05) is 23.4 Å². The Hall–Kier alpha value is -3.98. The van der Waals surface area contributed by atoms with E-state index in [1.807, 2.05) is 19.1 Å². The number of nitrogens with zero attached hydrogens (tertiary/aromatic N) is 1. The highest BCUT2D eigenvalue weighted by Crippen LogP contribution is 2.25. The minimum Gasteiger partial charge on any atom is -0.496 e. The number of amides is 2. The number of aryl methyl sites for hydroxylation is 1. The molecule has 0 aliphatic rings. The first-order valence-corrected chi connectivity index (χ1v) is 10.5. The Morgan fingerprint density at radius 2 is 1.79 bits per heavy atom.